The number of hydrogen-bond acceptors (Lipinski definition) is 12. The number of thiazole rings is 1. The first kappa shape index (κ1) is 25.2. The van der Waals surface area contributed by atoms with E-state index in [1.54, 1.807) is 6.20 Å². The summed E-state index contributed by atoms with van der Waals surface area (Å²) in [5, 5.41) is 23.9. The van der Waals surface area contributed by atoms with E-state index in [4.69, 9.17) is 15.3 Å². The molecule has 0 saturated carbocycles. The number of carboxylic acid groups (broad SMARTS) is 1. The molecule has 2 aromatic rings. The third-order valence-corrected chi connectivity index (χ3v) is 7.28. The summed E-state index contributed by atoms with van der Waals surface area (Å²) >= 11 is 2.34. The van der Waals surface area contributed by atoms with Gasteiger partial charge in [0, 0.05) is 23.6 Å². The minimum atomic E-state index is -1.33. The van der Waals surface area contributed by atoms with Crippen LogP contribution in [0.2, 0.25) is 0 Å². The molecule has 4 rings (SSSR count). The van der Waals surface area contributed by atoms with Crippen molar-refractivity contribution >= 4 is 57.7 Å². The number of nitrogens with zero attached hydrogens (tertiary/aromatic N) is 4. The number of aromatic nitrogens is 3. The van der Waals surface area contributed by atoms with Crippen molar-refractivity contribution in [2.45, 2.75) is 31.9 Å². The van der Waals surface area contributed by atoms with E-state index in [2.05, 4.69) is 25.7 Å². The quantitative estimate of drug-likeness (QED) is 0.145. The van der Waals surface area contributed by atoms with Gasteiger partial charge in [-0.05, 0) is 12.5 Å². The fourth-order valence-electron chi connectivity index (χ4n) is 3.47. The van der Waals surface area contributed by atoms with Gasteiger partial charge in [-0.1, -0.05) is 5.16 Å². The summed E-state index contributed by atoms with van der Waals surface area (Å²) in [6.45, 7) is 2.80. The van der Waals surface area contributed by atoms with Crippen molar-refractivity contribution < 1.29 is 33.9 Å². The van der Waals surface area contributed by atoms with Crippen molar-refractivity contribution in [2.75, 3.05) is 18.1 Å². The number of hydrogen-bond donors (Lipinski definition) is 4. The molecule has 1 saturated heterocycles. The van der Waals surface area contributed by atoms with Crippen LogP contribution < -0.4 is 11.1 Å². The molecule has 4 heterocycles. The molecule has 0 bridgehead atoms. The summed E-state index contributed by atoms with van der Waals surface area (Å²) in [5.41, 5.74) is 7.21. The molecule has 0 unspecified atom stereocenters. The summed E-state index contributed by atoms with van der Waals surface area (Å²) in [6.07, 6.45) is 1.62. The van der Waals surface area contributed by atoms with Gasteiger partial charge in [0.25, 0.3) is 11.8 Å². The van der Waals surface area contributed by atoms with Gasteiger partial charge in [0.15, 0.2) is 17.5 Å². The number of amides is 2. The van der Waals surface area contributed by atoms with E-state index in [-0.39, 0.29) is 41.2 Å². The molecule has 2 aliphatic rings. The second-order valence-corrected chi connectivity index (χ2v) is 9.71. The topological polar surface area (TPSA) is 202 Å². The molecule has 1 fully saturated rings. The Labute approximate surface area is 211 Å². The van der Waals surface area contributed by atoms with Crippen molar-refractivity contribution in [2.24, 2.45) is 5.16 Å². The molecular formula is C20H21N7O7S2. The van der Waals surface area contributed by atoms with Gasteiger partial charge in [-0.15, -0.1) is 23.1 Å². The van der Waals surface area contributed by atoms with E-state index in [0.29, 0.717) is 11.3 Å². The SMILES string of the molecule is CC(=O)OCC1=C(C(=O)O)N2C(=O)[C@@H](NC(=O)C(=NOCc3[nH]ncc3C)c3csc(N)n3)[C@@H]2SC1. The maximum Gasteiger partial charge on any atom is 0.352 e. The van der Waals surface area contributed by atoms with Crippen LogP contribution in [0.1, 0.15) is 23.9 Å². The highest BCUT2D eigenvalue weighted by molar-refractivity contribution is 8.00. The number of oxime groups is 1. The molecule has 36 heavy (non-hydrogen) atoms. The fourth-order valence-corrected chi connectivity index (χ4v) is 5.35. The minimum Gasteiger partial charge on any atom is -0.477 e. The number of nitrogen functional groups attached to an aromatic ring is 1. The molecule has 0 spiro atoms. The first-order valence-corrected chi connectivity index (χ1v) is 12.3. The molecule has 2 atom stereocenters. The van der Waals surface area contributed by atoms with Crippen LogP contribution >= 0.6 is 23.1 Å². The monoisotopic (exact) mass is 535 g/mol. The van der Waals surface area contributed by atoms with Crippen LogP contribution in [0.5, 0.6) is 0 Å². The highest BCUT2D eigenvalue weighted by atomic mass is 32.2. The number of nitrogens with two attached hydrogens (primary N) is 1. The van der Waals surface area contributed by atoms with Crippen LogP contribution in [0.4, 0.5) is 5.13 Å². The van der Waals surface area contributed by atoms with Gasteiger partial charge in [0.1, 0.15) is 29.4 Å². The summed E-state index contributed by atoms with van der Waals surface area (Å²) in [4.78, 5) is 59.5. The number of β-lactam (4-membered cyclic amide) rings is 1. The number of esters is 1. The number of aromatic amines is 1. The zero-order valence-electron chi connectivity index (χ0n) is 19.0. The lowest BCUT2D eigenvalue weighted by Crippen LogP contribution is -2.71. The maximum absolute atomic E-state index is 13.1. The number of nitrogens with one attached hydrogen (secondary N) is 2. The predicted octanol–water partition coefficient (Wildman–Crippen LogP) is -0.0206. The molecule has 2 amide bonds. The van der Waals surface area contributed by atoms with Crippen LogP contribution in [0.15, 0.2) is 28.0 Å². The molecule has 190 valence electrons. The highest BCUT2D eigenvalue weighted by Gasteiger charge is 2.54. The second-order valence-electron chi connectivity index (χ2n) is 7.71. The molecule has 2 aromatic heterocycles. The van der Waals surface area contributed by atoms with E-state index in [0.717, 1.165) is 21.8 Å². The largest absolute Gasteiger partial charge is 0.477 e. The number of carbonyl (C=O) groups excluding carboxylic acids is 3. The van der Waals surface area contributed by atoms with Crippen LogP contribution in [0.25, 0.3) is 0 Å². The molecular weight excluding hydrogens is 514 g/mol. The maximum atomic E-state index is 13.1. The molecule has 5 N–H and O–H groups in total. The number of carbonyl (C=O) groups is 4. The Kier molecular flexibility index (Phi) is 7.25. The third-order valence-electron chi connectivity index (χ3n) is 5.26. The number of thioether (sulfide) groups is 1. The third kappa shape index (κ3) is 5.03. The Morgan fingerprint density at radius 2 is 2.17 bits per heavy atom. The van der Waals surface area contributed by atoms with Gasteiger partial charge in [-0.2, -0.15) is 5.10 Å². The van der Waals surface area contributed by atoms with Crippen molar-refractivity contribution in [3.63, 3.8) is 0 Å². The van der Waals surface area contributed by atoms with E-state index in [9.17, 15) is 24.3 Å². The van der Waals surface area contributed by atoms with Crippen molar-refractivity contribution in [1.82, 2.24) is 25.4 Å². The van der Waals surface area contributed by atoms with Crippen LogP contribution in [0.3, 0.4) is 0 Å². The van der Waals surface area contributed by atoms with Gasteiger partial charge < -0.3 is 25.7 Å². The standard InChI is InChI=1S/C20H21N7O7S2/c1-8-3-22-25-11(8)5-34-26-13(12-7-36-20(21)23-12)16(29)24-14-17(30)27-15(19(31)32)10(4-33-9(2)28)6-35-18(14)27/h3,7,14,18H,4-6H2,1-2H3,(H2,21,23)(H,22,25)(H,24,29)(H,31,32)/t14-,18+/m1/s1. The number of ether oxygens (including phenoxy) is 1. The van der Waals surface area contributed by atoms with Gasteiger partial charge in [-0.3, -0.25) is 24.4 Å². The number of rotatable bonds is 9. The Morgan fingerprint density at radius 1 is 1.39 bits per heavy atom. The summed E-state index contributed by atoms with van der Waals surface area (Å²) in [6, 6.07) is -1.01. The van der Waals surface area contributed by atoms with Gasteiger partial charge >= 0.3 is 11.9 Å². The average Bonchev–Trinajstić information content (AvgIpc) is 3.45. The van der Waals surface area contributed by atoms with Gasteiger partial charge in [-0.25, -0.2) is 9.78 Å². The van der Waals surface area contributed by atoms with E-state index < -0.39 is 35.2 Å². The van der Waals surface area contributed by atoms with Crippen molar-refractivity contribution in [1.29, 1.82) is 0 Å². The number of aryl methyl sites for hydroxylation is 1. The number of carboxylic acids is 1. The first-order chi connectivity index (χ1) is 17.2. The molecule has 16 heteroatoms. The molecule has 14 nitrogen and oxygen atoms in total. The number of H-pyrrole nitrogens is 1. The van der Waals surface area contributed by atoms with E-state index in [1.165, 1.54) is 24.1 Å². The van der Waals surface area contributed by atoms with Crippen molar-refractivity contribution in [3.05, 3.63) is 39.8 Å². The minimum absolute atomic E-state index is 0.00865. The Balaban J connectivity index is 1.50. The summed E-state index contributed by atoms with van der Waals surface area (Å²) < 4.78 is 4.92. The number of anilines is 1. The number of aliphatic carboxylic acids is 1. The Bertz CT molecular complexity index is 1280. The normalized spacial score (nSPS) is 19.4. The first-order valence-electron chi connectivity index (χ1n) is 10.4. The fraction of sp³-hybridized carbons (Fsp3) is 0.350. The predicted molar refractivity (Wildman–Crippen MR) is 127 cm³/mol. The van der Waals surface area contributed by atoms with E-state index >= 15 is 0 Å². The van der Waals surface area contributed by atoms with Gasteiger partial charge in [0.2, 0.25) is 0 Å². The van der Waals surface area contributed by atoms with Crippen LogP contribution in [0, 0.1) is 6.92 Å². The molecule has 0 aliphatic carbocycles. The Hall–Kier alpha value is -3.92. The van der Waals surface area contributed by atoms with Crippen LogP contribution in [-0.2, 0) is 35.4 Å². The number of fused-ring (bicyclic) bond motifs is 1. The lowest BCUT2D eigenvalue weighted by atomic mass is 10.0. The second kappa shape index (κ2) is 10.4. The lowest BCUT2D eigenvalue weighted by molar-refractivity contribution is -0.150. The smallest absolute Gasteiger partial charge is 0.352 e. The zero-order valence-corrected chi connectivity index (χ0v) is 20.6. The summed E-state index contributed by atoms with van der Waals surface area (Å²) in [7, 11) is 0. The van der Waals surface area contributed by atoms with Crippen LogP contribution in [-0.4, -0.2) is 78.4 Å². The van der Waals surface area contributed by atoms with Gasteiger partial charge in [0.05, 0.1) is 11.9 Å². The summed E-state index contributed by atoms with van der Waals surface area (Å²) in [5.74, 6) is -3.07. The average molecular weight is 536 g/mol. The highest BCUT2D eigenvalue weighted by Crippen LogP contribution is 2.40. The molecule has 0 aromatic carbocycles. The Morgan fingerprint density at radius 3 is 2.78 bits per heavy atom. The molecule has 0 radical (unpaired) electrons. The molecule has 2 aliphatic heterocycles. The lowest BCUT2D eigenvalue weighted by Gasteiger charge is -2.49. The zero-order chi connectivity index (χ0) is 26.0. The van der Waals surface area contributed by atoms with E-state index in [1.807, 2.05) is 6.92 Å². The van der Waals surface area contributed by atoms with Crippen molar-refractivity contribution in [3.8, 4) is 0 Å².